The monoisotopic (exact) mass is 275 g/mol. The van der Waals surface area contributed by atoms with E-state index >= 15 is 0 Å². The lowest BCUT2D eigenvalue weighted by atomic mass is 10.3. The van der Waals surface area contributed by atoms with Crippen molar-refractivity contribution in [3.05, 3.63) is 46.8 Å². The average Bonchev–Trinajstić information content (AvgIpc) is 2.46. The first kappa shape index (κ1) is 13.7. The van der Waals surface area contributed by atoms with Crippen molar-refractivity contribution in [1.29, 1.82) is 0 Å². The molecule has 0 aliphatic carbocycles. The van der Waals surface area contributed by atoms with Crippen LogP contribution in [-0.4, -0.2) is 28.0 Å². The van der Waals surface area contributed by atoms with Gasteiger partial charge in [-0.15, -0.1) is 0 Å². The summed E-state index contributed by atoms with van der Waals surface area (Å²) in [6.45, 7) is 0.862. The minimum Gasteiger partial charge on any atom is -0.492 e. The minimum absolute atomic E-state index is 0.157. The second-order valence-corrected chi connectivity index (χ2v) is 3.81. The van der Waals surface area contributed by atoms with E-state index in [4.69, 9.17) is 10.5 Å². The summed E-state index contributed by atoms with van der Waals surface area (Å²) in [4.78, 5) is 17.7. The maximum atomic E-state index is 10.5. The van der Waals surface area contributed by atoms with Crippen LogP contribution in [0.2, 0.25) is 0 Å². The van der Waals surface area contributed by atoms with Gasteiger partial charge >= 0.3 is 5.69 Å². The first-order valence-electron chi connectivity index (χ1n) is 5.85. The first-order valence-corrected chi connectivity index (χ1v) is 5.85. The number of ether oxygens (including phenoxy) is 1. The van der Waals surface area contributed by atoms with Crippen molar-refractivity contribution in [2.75, 3.05) is 18.5 Å². The van der Waals surface area contributed by atoms with Crippen molar-refractivity contribution < 1.29 is 9.66 Å². The Bertz CT molecular complexity index is 588. The molecule has 104 valence electrons. The van der Waals surface area contributed by atoms with Gasteiger partial charge in [0.15, 0.2) is 0 Å². The highest BCUT2D eigenvalue weighted by Gasteiger charge is 2.06. The fraction of sp³-hybridized carbons (Fsp3) is 0.167. The van der Waals surface area contributed by atoms with Gasteiger partial charge in [0, 0.05) is 18.3 Å². The molecule has 1 heterocycles. The second kappa shape index (κ2) is 6.43. The maximum absolute atomic E-state index is 10.5. The first-order chi connectivity index (χ1) is 9.69. The molecule has 0 saturated heterocycles. The van der Waals surface area contributed by atoms with Crippen LogP contribution in [0.15, 0.2) is 36.7 Å². The smallest absolute Gasteiger partial charge is 0.305 e. The molecule has 0 atom stereocenters. The van der Waals surface area contributed by atoms with Gasteiger partial charge in [-0.1, -0.05) is 6.07 Å². The van der Waals surface area contributed by atoms with Crippen LogP contribution < -0.4 is 15.8 Å². The molecule has 1 aromatic heterocycles. The van der Waals surface area contributed by atoms with Gasteiger partial charge in [-0.25, -0.2) is 9.97 Å². The van der Waals surface area contributed by atoms with Crippen LogP contribution in [0.3, 0.4) is 0 Å². The van der Waals surface area contributed by atoms with Crippen LogP contribution >= 0.6 is 0 Å². The SMILES string of the molecule is NCCOc1cccc(Nc2ncc([N+](=O)[O-])cn2)c1. The Kier molecular flexibility index (Phi) is 4.40. The van der Waals surface area contributed by atoms with Crippen molar-refractivity contribution in [3.8, 4) is 5.75 Å². The topological polar surface area (TPSA) is 116 Å². The molecule has 1 aromatic carbocycles. The Morgan fingerprint density at radius 3 is 2.75 bits per heavy atom. The van der Waals surface area contributed by atoms with Crippen molar-refractivity contribution in [2.45, 2.75) is 0 Å². The van der Waals surface area contributed by atoms with Crippen molar-refractivity contribution in [3.63, 3.8) is 0 Å². The molecule has 20 heavy (non-hydrogen) atoms. The van der Waals surface area contributed by atoms with Crippen LogP contribution in [0.1, 0.15) is 0 Å². The van der Waals surface area contributed by atoms with Gasteiger partial charge in [0.2, 0.25) is 5.95 Å². The molecule has 2 rings (SSSR count). The van der Waals surface area contributed by atoms with Crippen LogP contribution in [0, 0.1) is 10.1 Å². The van der Waals surface area contributed by atoms with Gasteiger partial charge in [-0.05, 0) is 12.1 Å². The molecule has 0 bridgehead atoms. The van der Waals surface area contributed by atoms with Gasteiger partial charge in [0.1, 0.15) is 24.8 Å². The number of nitrogens with one attached hydrogen (secondary N) is 1. The second-order valence-electron chi connectivity index (χ2n) is 3.81. The quantitative estimate of drug-likeness (QED) is 0.605. The fourth-order valence-corrected chi connectivity index (χ4v) is 1.45. The molecule has 0 spiro atoms. The lowest BCUT2D eigenvalue weighted by Gasteiger charge is -2.08. The zero-order valence-electron chi connectivity index (χ0n) is 10.5. The predicted molar refractivity (Wildman–Crippen MR) is 73.0 cm³/mol. The van der Waals surface area contributed by atoms with E-state index in [0.717, 1.165) is 12.4 Å². The Morgan fingerprint density at radius 2 is 2.10 bits per heavy atom. The van der Waals surface area contributed by atoms with Gasteiger partial charge in [0.25, 0.3) is 0 Å². The third kappa shape index (κ3) is 3.62. The summed E-state index contributed by atoms with van der Waals surface area (Å²) in [6.07, 6.45) is 2.29. The summed E-state index contributed by atoms with van der Waals surface area (Å²) in [7, 11) is 0. The van der Waals surface area contributed by atoms with Gasteiger partial charge in [-0.2, -0.15) is 0 Å². The number of hydrogen-bond donors (Lipinski definition) is 2. The fourth-order valence-electron chi connectivity index (χ4n) is 1.45. The lowest BCUT2D eigenvalue weighted by Crippen LogP contribution is -2.10. The Labute approximate surface area is 114 Å². The number of nitrogens with two attached hydrogens (primary N) is 1. The summed E-state index contributed by atoms with van der Waals surface area (Å²) in [5.74, 6) is 0.939. The normalized spacial score (nSPS) is 10.1. The third-order valence-electron chi connectivity index (χ3n) is 2.33. The Hall–Kier alpha value is -2.74. The lowest BCUT2D eigenvalue weighted by molar-refractivity contribution is -0.385. The van der Waals surface area contributed by atoms with E-state index in [1.54, 1.807) is 24.3 Å². The van der Waals surface area contributed by atoms with Crippen LogP contribution in [0.5, 0.6) is 5.75 Å². The molecule has 0 aliphatic rings. The zero-order valence-corrected chi connectivity index (χ0v) is 10.5. The standard InChI is InChI=1S/C12H13N5O3/c13-4-5-20-11-3-1-2-9(6-11)16-12-14-7-10(8-15-12)17(18)19/h1-3,6-8H,4-5,13H2,(H,14,15,16). The van der Waals surface area contributed by atoms with E-state index < -0.39 is 4.92 Å². The predicted octanol–water partition coefficient (Wildman–Crippen LogP) is 1.47. The van der Waals surface area contributed by atoms with Crippen LogP contribution in [0.25, 0.3) is 0 Å². The van der Waals surface area contributed by atoms with E-state index in [1.165, 1.54) is 0 Å². The van der Waals surface area contributed by atoms with Gasteiger partial charge < -0.3 is 15.8 Å². The molecule has 0 aliphatic heterocycles. The minimum atomic E-state index is -0.551. The van der Waals surface area contributed by atoms with Crippen molar-refractivity contribution >= 4 is 17.3 Å². The number of nitro groups is 1. The molecule has 0 saturated carbocycles. The summed E-state index contributed by atoms with van der Waals surface area (Å²) in [5, 5.41) is 13.4. The number of hydrogen-bond acceptors (Lipinski definition) is 7. The Balaban J connectivity index is 2.07. The molecule has 0 unspecified atom stereocenters. The maximum Gasteiger partial charge on any atom is 0.305 e. The number of aromatic nitrogens is 2. The number of nitrogens with zero attached hydrogens (tertiary/aromatic N) is 3. The van der Waals surface area contributed by atoms with Gasteiger partial charge in [-0.3, -0.25) is 10.1 Å². The number of rotatable bonds is 6. The summed E-state index contributed by atoms with van der Waals surface area (Å²) in [5.41, 5.74) is 5.92. The molecular formula is C12H13N5O3. The van der Waals surface area contributed by atoms with E-state index in [9.17, 15) is 10.1 Å². The summed E-state index contributed by atoms with van der Waals surface area (Å²) >= 11 is 0. The summed E-state index contributed by atoms with van der Waals surface area (Å²) < 4.78 is 5.39. The van der Waals surface area contributed by atoms with E-state index in [2.05, 4.69) is 15.3 Å². The molecule has 8 heteroatoms. The molecule has 0 fully saturated rings. The van der Waals surface area contributed by atoms with Crippen LogP contribution in [0.4, 0.5) is 17.3 Å². The number of anilines is 2. The summed E-state index contributed by atoms with van der Waals surface area (Å²) in [6, 6.07) is 7.18. The molecule has 3 N–H and O–H groups in total. The molecule has 0 radical (unpaired) electrons. The highest BCUT2D eigenvalue weighted by Crippen LogP contribution is 2.20. The molecule has 2 aromatic rings. The van der Waals surface area contributed by atoms with Crippen molar-refractivity contribution in [2.24, 2.45) is 5.73 Å². The highest BCUT2D eigenvalue weighted by atomic mass is 16.6. The zero-order chi connectivity index (χ0) is 14.4. The molecule has 8 nitrogen and oxygen atoms in total. The molecular weight excluding hydrogens is 262 g/mol. The largest absolute Gasteiger partial charge is 0.492 e. The number of benzene rings is 1. The van der Waals surface area contributed by atoms with E-state index in [-0.39, 0.29) is 11.6 Å². The Morgan fingerprint density at radius 1 is 1.35 bits per heavy atom. The van der Waals surface area contributed by atoms with E-state index in [0.29, 0.717) is 24.6 Å². The molecule has 0 amide bonds. The van der Waals surface area contributed by atoms with Gasteiger partial charge in [0.05, 0.1) is 4.92 Å². The average molecular weight is 275 g/mol. The van der Waals surface area contributed by atoms with E-state index in [1.807, 2.05) is 0 Å². The highest BCUT2D eigenvalue weighted by molar-refractivity contribution is 5.55. The van der Waals surface area contributed by atoms with Crippen LogP contribution in [-0.2, 0) is 0 Å². The van der Waals surface area contributed by atoms with Crippen molar-refractivity contribution in [1.82, 2.24) is 9.97 Å². The third-order valence-corrected chi connectivity index (χ3v) is 2.33.